The van der Waals surface area contributed by atoms with Crippen LogP contribution in [0, 0.1) is 5.82 Å². The molecule has 0 saturated heterocycles. The molecule has 1 heterocycles. The molecule has 0 aliphatic carbocycles. The van der Waals surface area contributed by atoms with Crippen molar-refractivity contribution in [1.82, 2.24) is 9.66 Å². The van der Waals surface area contributed by atoms with E-state index in [1.807, 2.05) is 24.3 Å². The number of hydrogen-bond acceptors (Lipinski definition) is 4. The summed E-state index contributed by atoms with van der Waals surface area (Å²) in [6.07, 6.45) is 4.16. The van der Waals surface area contributed by atoms with Gasteiger partial charge in [0.25, 0.3) is 5.56 Å². The van der Waals surface area contributed by atoms with Crippen LogP contribution in [0.25, 0.3) is 10.9 Å². The van der Waals surface area contributed by atoms with Gasteiger partial charge in [-0.3, -0.25) is 4.79 Å². The third kappa shape index (κ3) is 5.62. The van der Waals surface area contributed by atoms with Crippen LogP contribution in [0.5, 0.6) is 5.75 Å². The van der Waals surface area contributed by atoms with Gasteiger partial charge in [-0.1, -0.05) is 47.5 Å². The molecule has 0 bridgehead atoms. The largest absolute Gasteiger partial charge is 0.488 e. The molecular weight excluding hydrogens is 565 g/mol. The minimum absolute atomic E-state index is 0.118. The second kappa shape index (κ2) is 11.1. The number of rotatable bonds is 8. The molecule has 174 valence electrons. The molecule has 4 rings (SSSR count). The van der Waals surface area contributed by atoms with Gasteiger partial charge in [0, 0.05) is 16.5 Å². The van der Waals surface area contributed by atoms with Crippen LogP contribution >= 0.6 is 31.9 Å². The van der Waals surface area contributed by atoms with Gasteiger partial charge >= 0.3 is 0 Å². The molecule has 0 saturated carbocycles. The summed E-state index contributed by atoms with van der Waals surface area (Å²) in [7, 11) is 0. The maximum absolute atomic E-state index is 13.8. The van der Waals surface area contributed by atoms with Crippen LogP contribution in [0.3, 0.4) is 0 Å². The molecule has 0 aliphatic heterocycles. The number of unbranched alkanes of at least 4 members (excludes halogenated alkanes) is 1. The summed E-state index contributed by atoms with van der Waals surface area (Å²) in [6, 6.07) is 17.4. The minimum Gasteiger partial charge on any atom is -0.488 e. The Morgan fingerprint density at radius 2 is 1.94 bits per heavy atom. The predicted octanol–water partition coefficient (Wildman–Crippen LogP) is 6.86. The number of hydrogen-bond donors (Lipinski definition) is 0. The lowest BCUT2D eigenvalue weighted by molar-refractivity contribution is 0.298. The van der Waals surface area contributed by atoms with Crippen LogP contribution in [-0.4, -0.2) is 15.9 Å². The number of benzene rings is 3. The Morgan fingerprint density at radius 3 is 2.71 bits per heavy atom. The van der Waals surface area contributed by atoms with E-state index in [0.29, 0.717) is 38.9 Å². The highest BCUT2D eigenvalue weighted by molar-refractivity contribution is 9.10. The maximum Gasteiger partial charge on any atom is 0.282 e. The molecule has 4 aromatic rings. The molecule has 0 amide bonds. The van der Waals surface area contributed by atoms with Gasteiger partial charge in [0.15, 0.2) is 0 Å². The first kappa shape index (κ1) is 24.3. The summed E-state index contributed by atoms with van der Waals surface area (Å²) < 4.78 is 22.5. The zero-order valence-corrected chi connectivity index (χ0v) is 21.6. The molecule has 0 atom stereocenters. The van der Waals surface area contributed by atoms with Crippen molar-refractivity contribution in [3.8, 4) is 5.75 Å². The normalized spacial score (nSPS) is 11.4. The number of nitrogens with zero attached hydrogens (tertiary/aromatic N) is 3. The number of aryl methyl sites for hydroxylation is 1. The lowest BCUT2D eigenvalue weighted by atomic mass is 10.2. The molecule has 0 unspecified atom stereocenters. The first-order valence-electron chi connectivity index (χ1n) is 10.9. The van der Waals surface area contributed by atoms with Crippen molar-refractivity contribution in [2.45, 2.75) is 32.8 Å². The molecule has 0 radical (unpaired) electrons. The Labute approximate surface area is 213 Å². The quantitative estimate of drug-likeness (QED) is 0.212. The maximum atomic E-state index is 13.8. The Kier molecular flexibility index (Phi) is 7.90. The zero-order chi connectivity index (χ0) is 24.1. The number of fused-ring (bicyclic) bond motifs is 1. The van der Waals surface area contributed by atoms with Crippen LogP contribution in [0.15, 0.2) is 79.5 Å². The summed E-state index contributed by atoms with van der Waals surface area (Å²) in [5, 5.41) is 4.98. The Morgan fingerprint density at radius 1 is 1.12 bits per heavy atom. The highest BCUT2D eigenvalue weighted by Crippen LogP contribution is 2.27. The summed E-state index contributed by atoms with van der Waals surface area (Å²) in [5.41, 5.74) is 1.70. The standard InChI is InChI=1S/C26H22Br2FN3O2/c1-2-3-8-25-31-23-11-10-19(27)14-20(23)26(33)32(25)30-15-17-9-12-24(21(28)13-17)34-16-18-6-4-5-7-22(18)29/h4-7,9-15H,2-3,8,16H2,1H3. The Balaban J connectivity index is 1.60. The fourth-order valence-electron chi connectivity index (χ4n) is 3.42. The molecule has 34 heavy (non-hydrogen) atoms. The summed E-state index contributed by atoms with van der Waals surface area (Å²) in [4.78, 5) is 17.9. The average molecular weight is 587 g/mol. The topological polar surface area (TPSA) is 56.5 Å². The van der Waals surface area contributed by atoms with E-state index >= 15 is 0 Å². The second-order valence-electron chi connectivity index (χ2n) is 7.72. The Bertz CT molecular complexity index is 1420. The molecule has 8 heteroatoms. The van der Waals surface area contributed by atoms with E-state index in [9.17, 15) is 9.18 Å². The van der Waals surface area contributed by atoms with Gasteiger partial charge in [0.05, 0.1) is 21.6 Å². The van der Waals surface area contributed by atoms with Crippen molar-refractivity contribution in [3.63, 3.8) is 0 Å². The third-order valence-corrected chi connectivity index (χ3v) is 6.36. The zero-order valence-electron chi connectivity index (χ0n) is 18.5. The smallest absolute Gasteiger partial charge is 0.282 e. The van der Waals surface area contributed by atoms with Crippen molar-refractivity contribution in [1.29, 1.82) is 0 Å². The Hall–Kier alpha value is -2.84. The van der Waals surface area contributed by atoms with Gasteiger partial charge in [-0.05, 0) is 70.4 Å². The highest BCUT2D eigenvalue weighted by atomic mass is 79.9. The van der Waals surface area contributed by atoms with Crippen LogP contribution in [0.4, 0.5) is 4.39 Å². The first-order valence-corrected chi connectivity index (χ1v) is 12.5. The van der Waals surface area contributed by atoms with E-state index in [-0.39, 0.29) is 18.0 Å². The molecule has 0 N–H and O–H groups in total. The van der Waals surface area contributed by atoms with Gasteiger partial charge in [-0.2, -0.15) is 9.78 Å². The van der Waals surface area contributed by atoms with Gasteiger partial charge in [-0.25, -0.2) is 9.37 Å². The van der Waals surface area contributed by atoms with Crippen LogP contribution < -0.4 is 10.3 Å². The van der Waals surface area contributed by atoms with Gasteiger partial charge < -0.3 is 4.74 Å². The van der Waals surface area contributed by atoms with Crippen molar-refractivity contribution in [2.24, 2.45) is 5.10 Å². The summed E-state index contributed by atoms with van der Waals surface area (Å²) in [6.45, 7) is 2.21. The van der Waals surface area contributed by atoms with Crippen LogP contribution in [0.2, 0.25) is 0 Å². The van der Waals surface area contributed by atoms with Crippen molar-refractivity contribution in [3.05, 3.63) is 103 Å². The fourth-order valence-corrected chi connectivity index (χ4v) is 4.29. The van der Waals surface area contributed by atoms with Gasteiger partial charge in [0.2, 0.25) is 0 Å². The average Bonchev–Trinajstić information content (AvgIpc) is 2.83. The molecule has 0 fully saturated rings. The van der Waals surface area contributed by atoms with E-state index in [0.717, 1.165) is 22.9 Å². The van der Waals surface area contributed by atoms with Crippen LogP contribution in [0.1, 0.15) is 36.7 Å². The van der Waals surface area contributed by atoms with E-state index in [1.54, 1.807) is 36.5 Å². The fraction of sp³-hybridized carbons (Fsp3) is 0.192. The molecule has 0 spiro atoms. The van der Waals surface area contributed by atoms with Crippen molar-refractivity contribution in [2.75, 3.05) is 0 Å². The predicted molar refractivity (Wildman–Crippen MR) is 140 cm³/mol. The van der Waals surface area contributed by atoms with Crippen molar-refractivity contribution >= 4 is 49.0 Å². The monoisotopic (exact) mass is 585 g/mol. The molecule has 1 aromatic heterocycles. The van der Waals surface area contributed by atoms with E-state index < -0.39 is 0 Å². The van der Waals surface area contributed by atoms with E-state index in [4.69, 9.17) is 4.74 Å². The molecule has 3 aromatic carbocycles. The summed E-state index contributed by atoms with van der Waals surface area (Å²) in [5.74, 6) is 0.906. The number of halogens is 3. The second-order valence-corrected chi connectivity index (χ2v) is 9.49. The summed E-state index contributed by atoms with van der Waals surface area (Å²) >= 11 is 6.92. The minimum atomic E-state index is -0.303. The van der Waals surface area contributed by atoms with E-state index in [2.05, 4.69) is 48.9 Å². The number of aromatic nitrogens is 2. The van der Waals surface area contributed by atoms with Gasteiger partial charge in [-0.15, -0.1) is 0 Å². The number of ether oxygens (including phenoxy) is 1. The highest BCUT2D eigenvalue weighted by Gasteiger charge is 2.11. The first-order chi connectivity index (χ1) is 16.5. The molecule has 0 aliphatic rings. The third-order valence-electron chi connectivity index (χ3n) is 5.25. The van der Waals surface area contributed by atoms with Crippen molar-refractivity contribution < 1.29 is 9.13 Å². The molecular formula is C26H22Br2FN3O2. The molecule has 5 nitrogen and oxygen atoms in total. The lowest BCUT2D eigenvalue weighted by Gasteiger charge is -2.10. The van der Waals surface area contributed by atoms with Crippen LogP contribution in [-0.2, 0) is 13.0 Å². The SMILES string of the molecule is CCCCc1nc2ccc(Br)cc2c(=O)n1N=Cc1ccc(OCc2ccccc2F)c(Br)c1. The van der Waals surface area contributed by atoms with E-state index in [1.165, 1.54) is 10.7 Å². The lowest BCUT2D eigenvalue weighted by Crippen LogP contribution is -2.22. The van der Waals surface area contributed by atoms with Gasteiger partial charge in [0.1, 0.15) is 24.0 Å².